The number of likely N-dealkylation sites (N-methyl/N-ethyl adjacent to an activating group) is 1. The fraction of sp³-hybridized carbons (Fsp3) is 0.615. The van der Waals surface area contributed by atoms with Crippen molar-refractivity contribution in [2.45, 2.75) is 77.7 Å². The molecule has 1 saturated carbocycles. The van der Waals surface area contributed by atoms with E-state index in [9.17, 15) is 18.4 Å². The molecule has 184 valence electrons. The number of aliphatic carboxylic acids is 1. The van der Waals surface area contributed by atoms with E-state index in [2.05, 4.69) is 51.2 Å². The van der Waals surface area contributed by atoms with Gasteiger partial charge in [0.05, 0.1) is 12.0 Å². The number of carbonyl (C=O) groups is 2. The molecule has 1 aromatic rings. The highest BCUT2D eigenvalue weighted by Gasteiger charge is 2.45. The van der Waals surface area contributed by atoms with E-state index in [4.69, 9.17) is 5.11 Å². The number of benzene rings is 1. The molecule has 5 nitrogen and oxygen atoms in total. The SMILES string of the molecule is CCc1cc(C(CC)(NC)/C(=C\N(C=O)CCC(=O)O)C(C)C)ccc1CC1CC(F)(F)C1. The number of carbonyl (C=O) groups excluding carboxylic acids is 1. The molecule has 1 unspecified atom stereocenters. The van der Waals surface area contributed by atoms with Gasteiger partial charge >= 0.3 is 5.97 Å². The number of alkyl halides is 2. The molecule has 1 aliphatic carbocycles. The van der Waals surface area contributed by atoms with Crippen LogP contribution in [0.5, 0.6) is 0 Å². The molecule has 1 atom stereocenters. The van der Waals surface area contributed by atoms with Gasteiger partial charge in [-0.3, -0.25) is 9.59 Å². The molecule has 1 aliphatic rings. The van der Waals surface area contributed by atoms with Crippen LogP contribution in [0.4, 0.5) is 8.78 Å². The summed E-state index contributed by atoms with van der Waals surface area (Å²) in [7, 11) is 1.89. The molecule has 0 spiro atoms. The van der Waals surface area contributed by atoms with Crippen molar-refractivity contribution in [2.24, 2.45) is 11.8 Å². The summed E-state index contributed by atoms with van der Waals surface area (Å²) in [4.78, 5) is 24.1. The van der Waals surface area contributed by atoms with Gasteiger partial charge in [0.25, 0.3) is 0 Å². The lowest BCUT2D eigenvalue weighted by molar-refractivity contribution is -0.137. The van der Waals surface area contributed by atoms with Crippen LogP contribution in [0.15, 0.2) is 30.0 Å². The van der Waals surface area contributed by atoms with E-state index < -0.39 is 17.4 Å². The van der Waals surface area contributed by atoms with Crippen LogP contribution in [0.3, 0.4) is 0 Å². The zero-order valence-electron chi connectivity index (χ0n) is 20.5. The van der Waals surface area contributed by atoms with Crippen molar-refractivity contribution in [3.05, 3.63) is 46.7 Å². The summed E-state index contributed by atoms with van der Waals surface area (Å²) < 4.78 is 26.6. The Bertz CT molecular complexity index is 855. The van der Waals surface area contributed by atoms with Gasteiger partial charge in [-0.05, 0) is 60.4 Å². The van der Waals surface area contributed by atoms with E-state index in [-0.39, 0.29) is 37.6 Å². The van der Waals surface area contributed by atoms with Gasteiger partial charge in [-0.15, -0.1) is 0 Å². The smallest absolute Gasteiger partial charge is 0.305 e. The first-order valence-electron chi connectivity index (χ1n) is 11.9. The highest BCUT2D eigenvalue weighted by Crippen LogP contribution is 2.44. The monoisotopic (exact) mass is 464 g/mol. The third-order valence-electron chi connectivity index (χ3n) is 6.86. The fourth-order valence-corrected chi connectivity index (χ4v) is 5.00. The molecule has 0 aromatic heterocycles. The molecule has 0 heterocycles. The predicted molar refractivity (Wildman–Crippen MR) is 126 cm³/mol. The van der Waals surface area contributed by atoms with Crippen molar-refractivity contribution in [1.82, 2.24) is 10.2 Å². The highest BCUT2D eigenvalue weighted by atomic mass is 19.3. The lowest BCUT2D eigenvalue weighted by Gasteiger charge is -2.39. The summed E-state index contributed by atoms with van der Waals surface area (Å²) in [6.45, 7) is 8.36. The van der Waals surface area contributed by atoms with Crippen LogP contribution >= 0.6 is 0 Å². The van der Waals surface area contributed by atoms with E-state index in [0.717, 1.165) is 35.1 Å². The third kappa shape index (κ3) is 6.40. The molecule has 2 N–H and O–H groups in total. The molecule has 1 aromatic carbocycles. The number of nitrogens with one attached hydrogen (secondary N) is 1. The zero-order valence-corrected chi connectivity index (χ0v) is 20.5. The number of nitrogens with zero attached hydrogens (tertiary/aromatic N) is 1. The number of hydrogen-bond donors (Lipinski definition) is 2. The first kappa shape index (κ1) is 27.0. The van der Waals surface area contributed by atoms with Gasteiger partial charge < -0.3 is 15.3 Å². The number of halogens is 2. The Morgan fingerprint density at radius 1 is 1.30 bits per heavy atom. The number of hydrogen-bond acceptors (Lipinski definition) is 3. The minimum atomic E-state index is -2.51. The maximum absolute atomic E-state index is 13.3. The van der Waals surface area contributed by atoms with E-state index in [1.807, 2.05) is 7.05 Å². The van der Waals surface area contributed by atoms with Gasteiger partial charge in [0, 0.05) is 25.6 Å². The van der Waals surface area contributed by atoms with Crippen LogP contribution in [-0.4, -0.2) is 41.9 Å². The van der Waals surface area contributed by atoms with Crippen molar-refractivity contribution < 1.29 is 23.5 Å². The number of amides is 1. The van der Waals surface area contributed by atoms with Crippen molar-refractivity contribution in [3.63, 3.8) is 0 Å². The van der Waals surface area contributed by atoms with Gasteiger partial charge in [0.1, 0.15) is 0 Å². The van der Waals surface area contributed by atoms with Crippen LogP contribution in [0.1, 0.15) is 70.1 Å². The number of aryl methyl sites for hydroxylation is 1. The second kappa shape index (κ2) is 11.2. The topological polar surface area (TPSA) is 69.6 Å². The van der Waals surface area contributed by atoms with Gasteiger partial charge in [0.15, 0.2) is 0 Å². The standard InChI is InChI=1S/C26H38F2N2O3/c1-6-20-13-22(9-8-21(20)12-19-14-25(27,28)15-19)26(7-2,29-5)23(18(3)4)16-30(17-31)11-10-24(32)33/h8-9,13,16-19,29H,6-7,10-12,14-15H2,1-5H3,(H,32,33)/b23-16-. The predicted octanol–water partition coefficient (Wildman–Crippen LogP) is 5.13. The van der Waals surface area contributed by atoms with E-state index >= 15 is 0 Å². The van der Waals surface area contributed by atoms with E-state index in [1.54, 1.807) is 6.20 Å². The Kier molecular flexibility index (Phi) is 9.18. The second-order valence-corrected chi connectivity index (χ2v) is 9.41. The average Bonchev–Trinajstić information content (AvgIpc) is 2.75. The fourth-order valence-electron chi connectivity index (χ4n) is 5.00. The van der Waals surface area contributed by atoms with E-state index in [0.29, 0.717) is 12.8 Å². The molecule has 2 rings (SSSR count). The molecule has 0 aliphatic heterocycles. The molecule has 1 amide bonds. The van der Waals surface area contributed by atoms with Crippen LogP contribution in [-0.2, 0) is 28.0 Å². The minimum Gasteiger partial charge on any atom is -0.481 e. The summed E-state index contributed by atoms with van der Waals surface area (Å²) in [5.41, 5.74) is 3.75. The van der Waals surface area contributed by atoms with E-state index in [1.165, 1.54) is 4.90 Å². The number of rotatable bonds is 13. The van der Waals surface area contributed by atoms with Gasteiger partial charge in [-0.2, -0.15) is 0 Å². The van der Waals surface area contributed by atoms with Crippen molar-refractivity contribution >= 4 is 12.4 Å². The lowest BCUT2D eigenvalue weighted by Crippen LogP contribution is -2.44. The summed E-state index contributed by atoms with van der Waals surface area (Å²) in [6.07, 6.45) is 4.42. The molecule has 0 saturated heterocycles. The molecule has 7 heteroatoms. The minimum absolute atomic E-state index is 0.0258. The summed E-state index contributed by atoms with van der Waals surface area (Å²) in [6, 6.07) is 6.28. The Morgan fingerprint density at radius 2 is 1.97 bits per heavy atom. The molecular weight excluding hydrogens is 426 g/mol. The number of carboxylic acid groups (broad SMARTS) is 1. The van der Waals surface area contributed by atoms with Crippen LogP contribution in [0, 0.1) is 11.8 Å². The first-order valence-corrected chi connectivity index (χ1v) is 11.9. The van der Waals surface area contributed by atoms with Crippen LogP contribution in [0.25, 0.3) is 0 Å². The van der Waals surface area contributed by atoms with Gasteiger partial charge in [-0.25, -0.2) is 8.78 Å². The molecule has 0 radical (unpaired) electrons. The first-order chi connectivity index (χ1) is 15.5. The summed E-state index contributed by atoms with van der Waals surface area (Å²) >= 11 is 0. The average molecular weight is 465 g/mol. The van der Waals surface area contributed by atoms with Crippen LogP contribution < -0.4 is 5.32 Å². The molecule has 0 bridgehead atoms. The largest absolute Gasteiger partial charge is 0.481 e. The second-order valence-electron chi connectivity index (χ2n) is 9.41. The van der Waals surface area contributed by atoms with Crippen molar-refractivity contribution in [2.75, 3.05) is 13.6 Å². The van der Waals surface area contributed by atoms with Crippen molar-refractivity contribution in [3.8, 4) is 0 Å². The maximum atomic E-state index is 13.3. The molecular formula is C26H38F2N2O3. The lowest BCUT2D eigenvalue weighted by atomic mass is 9.73. The summed E-state index contributed by atoms with van der Waals surface area (Å²) in [5, 5.41) is 12.5. The molecule has 1 fully saturated rings. The molecule has 33 heavy (non-hydrogen) atoms. The number of carboxylic acids is 1. The van der Waals surface area contributed by atoms with Gasteiger partial charge in [-0.1, -0.05) is 45.9 Å². The van der Waals surface area contributed by atoms with Gasteiger partial charge in [0.2, 0.25) is 12.3 Å². The summed E-state index contributed by atoms with van der Waals surface area (Å²) in [5.74, 6) is -3.35. The Balaban J connectivity index is 2.44. The Labute approximate surface area is 196 Å². The Hall–Kier alpha value is -2.28. The normalized spacial score (nSPS) is 18.0. The Morgan fingerprint density at radius 3 is 2.42 bits per heavy atom. The van der Waals surface area contributed by atoms with Crippen molar-refractivity contribution in [1.29, 1.82) is 0 Å². The highest BCUT2D eigenvalue weighted by molar-refractivity contribution is 5.67. The maximum Gasteiger partial charge on any atom is 0.305 e. The van der Waals surface area contributed by atoms with Crippen LogP contribution in [0.2, 0.25) is 0 Å². The quantitative estimate of drug-likeness (QED) is 0.397. The zero-order chi connectivity index (χ0) is 24.8. The third-order valence-corrected chi connectivity index (χ3v) is 6.86.